The minimum Gasteiger partial charge on any atom is -0.324 e. The quantitative estimate of drug-likeness (QED) is 0.758. The molecule has 24 heavy (non-hydrogen) atoms. The Bertz CT molecular complexity index is 919. The molecule has 0 saturated carbocycles. The van der Waals surface area contributed by atoms with E-state index in [1.165, 1.54) is 5.56 Å². The normalized spacial score (nSPS) is 10.6. The second-order valence-corrected chi connectivity index (χ2v) is 6.11. The zero-order chi connectivity index (χ0) is 17.1. The smallest absolute Gasteiger partial charge is 0.274 e. The summed E-state index contributed by atoms with van der Waals surface area (Å²) in [5, 5.41) is 11.8. The number of nitrogens with one attached hydrogen (secondary N) is 2. The van der Waals surface area contributed by atoms with Crippen LogP contribution in [0.2, 0.25) is 5.02 Å². The first-order chi connectivity index (χ1) is 11.5. The molecule has 6 heteroatoms. The van der Waals surface area contributed by atoms with Gasteiger partial charge in [0, 0.05) is 17.1 Å². The van der Waals surface area contributed by atoms with E-state index in [0.717, 1.165) is 16.8 Å². The van der Waals surface area contributed by atoms with E-state index >= 15 is 0 Å². The number of anilines is 2. The van der Waals surface area contributed by atoms with Crippen LogP contribution in [-0.2, 0) is 6.42 Å². The van der Waals surface area contributed by atoms with Crippen LogP contribution < -0.4 is 10.9 Å². The Balaban J connectivity index is 1.78. The molecule has 3 rings (SSSR count). The molecule has 0 radical (unpaired) electrons. The van der Waals surface area contributed by atoms with E-state index in [4.69, 9.17) is 11.6 Å². The van der Waals surface area contributed by atoms with Crippen molar-refractivity contribution in [3.63, 3.8) is 0 Å². The average Bonchev–Trinajstić information content (AvgIpc) is 2.55. The van der Waals surface area contributed by atoms with Crippen LogP contribution in [0.15, 0.2) is 47.3 Å². The highest BCUT2D eigenvalue weighted by molar-refractivity contribution is 6.30. The van der Waals surface area contributed by atoms with Crippen LogP contribution in [0.4, 0.5) is 11.6 Å². The van der Waals surface area contributed by atoms with Crippen LogP contribution >= 0.6 is 11.6 Å². The first-order valence-electron chi connectivity index (χ1n) is 7.56. The predicted molar refractivity (Wildman–Crippen MR) is 96.1 cm³/mol. The molecular weight excluding hydrogens is 324 g/mol. The molecule has 0 bridgehead atoms. The summed E-state index contributed by atoms with van der Waals surface area (Å²) >= 11 is 5.86. The number of hydrogen-bond acceptors (Lipinski definition) is 4. The molecule has 3 aromatic rings. The van der Waals surface area contributed by atoms with Gasteiger partial charge in [0.15, 0.2) is 0 Å². The van der Waals surface area contributed by atoms with Gasteiger partial charge in [0.05, 0.1) is 0 Å². The maximum absolute atomic E-state index is 12.2. The topological polar surface area (TPSA) is 70.7 Å². The van der Waals surface area contributed by atoms with Gasteiger partial charge in [-0.1, -0.05) is 29.8 Å². The van der Waals surface area contributed by atoms with Crippen molar-refractivity contribution >= 4 is 23.2 Å². The van der Waals surface area contributed by atoms with E-state index in [1.54, 1.807) is 12.1 Å². The average molecular weight is 341 g/mol. The number of rotatable bonds is 4. The van der Waals surface area contributed by atoms with Gasteiger partial charge < -0.3 is 5.32 Å². The van der Waals surface area contributed by atoms with Crippen LogP contribution in [0.25, 0.3) is 0 Å². The van der Waals surface area contributed by atoms with Gasteiger partial charge >= 0.3 is 0 Å². The lowest BCUT2D eigenvalue weighted by Gasteiger charge is -2.08. The van der Waals surface area contributed by atoms with E-state index in [-0.39, 0.29) is 5.56 Å². The molecule has 0 amide bonds. The van der Waals surface area contributed by atoms with Gasteiger partial charge in [0.2, 0.25) is 5.95 Å². The third-order valence-electron chi connectivity index (χ3n) is 3.82. The summed E-state index contributed by atoms with van der Waals surface area (Å²) in [6, 6.07) is 13.2. The van der Waals surface area contributed by atoms with E-state index in [2.05, 4.69) is 20.5 Å². The fourth-order valence-corrected chi connectivity index (χ4v) is 2.41. The number of aromatic nitrogens is 3. The first kappa shape index (κ1) is 16.2. The van der Waals surface area contributed by atoms with Crippen molar-refractivity contribution in [2.24, 2.45) is 0 Å². The summed E-state index contributed by atoms with van der Waals surface area (Å²) in [6.07, 6.45) is 0.406. The van der Waals surface area contributed by atoms with Crippen LogP contribution in [0.3, 0.4) is 0 Å². The van der Waals surface area contributed by atoms with E-state index in [1.807, 2.05) is 44.2 Å². The second kappa shape index (κ2) is 6.84. The van der Waals surface area contributed by atoms with Crippen LogP contribution in [0.1, 0.15) is 22.4 Å². The van der Waals surface area contributed by atoms with Crippen molar-refractivity contribution in [1.29, 1.82) is 0 Å². The highest BCUT2D eigenvalue weighted by Crippen LogP contribution is 2.16. The molecule has 2 aromatic carbocycles. The number of H-pyrrole nitrogens is 1. The Hall–Kier alpha value is -2.66. The maximum atomic E-state index is 12.2. The molecule has 0 spiro atoms. The van der Waals surface area contributed by atoms with Gasteiger partial charge in [-0.15, -0.1) is 10.2 Å². The van der Waals surface area contributed by atoms with E-state index in [9.17, 15) is 4.79 Å². The third-order valence-corrected chi connectivity index (χ3v) is 4.07. The van der Waals surface area contributed by atoms with Gasteiger partial charge in [-0.3, -0.25) is 9.78 Å². The SMILES string of the molecule is Cc1ccc(Nc2nnc(Cc3ccc(Cl)cc3)c(=O)[nH]2)cc1C. The predicted octanol–water partition coefficient (Wildman–Crippen LogP) is 3.77. The van der Waals surface area contributed by atoms with E-state index < -0.39 is 0 Å². The molecule has 0 fully saturated rings. The van der Waals surface area contributed by atoms with Gasteiger partial charge in [-0.25, -0.2) is 0 Å². The molecule has 2 N–H and O–H groups in total. The molecule has 1 aromatic heterocycles. The van der Waals surface area contributed by atoms with Crippen molar-refractivity contribution in [2.45, 2.75) is 20.3 Å². The van der Waals surface area contributed by atoms with Gasteiger partial charge in [-0.05, 0) is 54.8 Å². The fourth-order valence-electron chi connectivity index (χ4n) is 2.28. The summed E-state index contributed by atoms with van der Waals surface area (Å²) in [5.41, 5.74) is 4.28. The Labute approximate surface area is 144 Å². The molecule has 1 heterocycles. The monoisotopic (exact) mass is 340 g/mol. The number of aromatic amines is 1. The highest BCUT2D eigenvalue weighted by atomic mass is 35.5. The Morgan fingerprint density at radius 1 is 1.04 bits per heavy atom. The molecule has 122 valence electrons. The first-order valence-corrected chi connectivity index (χ1v) is 7.93. The highest BCUT2D eigenvalue weighted by Gasteiger charge is 2.07. The third kappa shape index (κ3) is 3.81. The Kier molecular flexibility index (Phi) is 4.62. The van der Waals surface area contributed by atoms with Crippen molar-refractivity contribution in [3.05, 3.63) is 80.2 Å². The lowest BCUT2D eigenvalue weighted by atomic mass is 10.1. The Morgan fingerprint density at radius 3 is 2.46 bits per heavy atom. The standard InChI is InChI=1S/C18H17ClN4O/c1-11-3-8-15(9-12(11)2)20-18-21-17(24)16(22-23-18)10-13-4-6-14(19)7-5-13/h3-9H,10H2,1-2H3,(H2,20,21,23,24). The molecule has 0 atom stereocenters. The van der Waals surface area contributed by atoms with Crippen molar-refractivity contribution in [2.75, 3.05) is 5.32 Å². The second-order valence-electron chi connectivity index (χ2n) is 5.68. The number of hydrogen-bond donors (Lipinski definition) is 2. The molecule has 0 unspecified atom stereocenters. The van der Waals surface area contributed by atoms with Gasteiger partial charge in [-0.2, -0.15) is 0 Å². The van der Waals surface area contributed by atoms with Gasteiger partial charge in [0.1, 0.15) is 5.69 Å². The number of benzene rings is 2. The number of halogens is 1. The zero-order valence-electron chi connectivity index (χ0n) is 13.4. The molecule has 0 aliphatic carbocycles. The summed E-state index contributed by atoms with van der Waals surface area (Å²) < 4.78 is 0. The van der Waals surface area contributed by atoms with Crippen molar-refractivity contribution in [1.82, 2.24) is 15.2 Å². The minimum absolute atomic E-state index is 0.258. The lowest BCUT2D eigenvalue weighted by Crippen LogP contribution is -2.18. The van der Waals surface area contributed by atoms with Crippen molar-refractivity contribution < 1.29 is 0 Å². The molecule has 0 saturated heterocycles. The number of nitrogens with zero attached hydrogens (tertiary/aromatic N) is 2. The maximum Gasteiger partial charge on any atom is 0.274 e. The Morgan fingerprint density at radius 2 is 1.79 bits per heavy atom. The van der Waals surface area contributed by atoms with Crippen LogP contribution in [0, 0.1) is 13.8 Å². The van der Waals surface area contributed by atoms with E-state index in [0.29, 0.717) is 23.1 Å². The van der Waals surface area contributed by atoms with Crippen LogP contribution in [0.5, 0.6) is 0 Å². The summed E-state index contributed by atoms with van der Waals surface area (Å²) in [4.78, 5) is 14.9. The molecule has 0 aliphatic heterocycles. The fraction of sp³-hybridized carbons (Fsp3) is 0.167. The van der Waals surface area contributed by atoms with Crippen molar-refractivity contribution in [3.8, 4) is 0 Å². The largest absolute Gasteiger partial charge is 0.324 e. The minimum atomic E-state index is -0.258. The molecular formula is C18H17ClN4O. The summed E-state index contributed by atoms with van der Waals surface area (Å²) in [5.74, 6) is 0.322. The number of aryl methyl sites for hydroxylation is 2. The summed E-state index contributed by atoms with van der Waals surface area (Å²) in [6.45, 7) is 4.08. The summed E-state index contributed by atoms with van der Waals surface area (Å²) in [7, 11) is 0. The van der Waals surface area contributed by atoms with Crippen LogP contribution in [-0.4, -0.2) is 15.2 Å². The molecule has 5 nitrogen and oxygen atoms in total. The molecule has 0 aliphatic rings. The lowest BCUT2D eigenvalue weighted by molar-refractivity contribution is 0.874. The van der Waals surface area contributed by atoms with Gasteiger partial charge in [0.25, 0.3) is 5.56 Å². The zero-order valence-corrected chi connectivity index (χ0v) is 14.2.